The molecule has 1 unspecified atom stereocenters. The van der Waals surface area contributed by atoms with Gasteiger partial charge in [0.15, 0.2) is 0 Å². The average molecular weight is 463 g/mol. The van der Waals surface area contributed by atoms with Gasteiger partial charge < -0.3 is 11.1 Å². The van der Waals surface area contributed by atoms with E-state index in [-0.39, 0.29) is 48.7 Å². The number of hydrogen-bond donors (Lipinski definition) is 3. The van der Waals surface area contributed by atoms with Gasteiger partial charge in [-0.05, 0) is 37.4 Å². The number of nitrogens with one attached hydrogen (secondary N) is 2. The van der Waals surface area contributed by atoms with Gasteiger partial charge in [-0.1, -0.05) is 43.3 Å². The molecule has 0 saturated carbocycles. The first-order chi connectivity index (χ1) is 12.9. The Labute approximate surface area is 184 Å². The first-order valence-corrected chi connectivity index (χ1v) is 10.2. The maximum atomic E-state index is 12.9. The SMILES string of the molecule is CCN(C)C(C(=O)Nc1cccc(S(=O)(=O)NCCN)c1)c1ccccc1.Cl.Cl. The average Bonchev–Trinajstić information content (AvgIpc) is 2.67. The summed E-state index contributed by atoms with van der Waals surface area (Å²) in [7, 11) is -1.80. The highest BCUT2D eigenvalue weighted by molar-refractivity contribution is 7.89. The van der Waals surface area contributed by atoms with Crippen LogP contribution in [0.4, 0.5) is 5.69 Å². The Hall–Kier alpha value is -1.68. The number of sulfonamides is 1. The van der Waals surface area contributed by atoms with Crippen LogP contribution in [-0.2, 0) is 14.8 Å². The number of carbonyl (C=O) groups excluding carboxylic acids is 1. The number of benzene rings is 2. The number of rotatable bonds is 9. The highest BCUT2D eigenvalue weighted by atomic mass is 35.5. The summed E-state index contributed by atoms with van der Waals surface area (Å²) in [5.74, 6) is -0.227. The molecule has 0 heterocycles. The van der Waals surface area contributed by atoms with Gasteiger partial charge >= 0.3 is 0 Å². The third-order valence-corrected chi connectivity index (χ3v) is 5.61. The Morgan fingerprint density at radius 2 is 1.76 bits per heavy atom. The lowest BCUT2D eigenvalue weighted by Gasteiger charge is -2.26. The molecule has 0 aliphatic carbocycles. The van der Waals surface area contributed by atoms with Gasteiger partial charge in [0.05, 0.1) is 4.90 Å². The van der Waals surface area contributed by atoms with Crippen molar-refractivity contribution in [2.45, 2.75) is 17.9 Å². The molecule has 2 rings (SSSR count). The maximum absolute atomic E-state index is 12.9. The summed E-state index contributed by atoms with van der Waals surface area (Å²) in [4.78, 5) is 14.9. The first-order valence-electron chi connectivity index (χ1n) is 8.75. The largest absolute Gasteiger partial charge is 0.329 e. The van der Waals surface area contributed by atoms with Crippen molar-refractivity contribution in [3.63, 3.8) is 0 Å². The van der Waals surface area contributed by atoms with Crippen LogP contribution in [-0.4, -0.2) is 45.9 Å². The molecule has 10 heteroatoms. The normalized spacial score (nSPS) is 11.9. The molecule has 0 aliphatic rings. The fraction of sp³-hybridized carbons (Fsp3) is 0.316. The molecule has 0 aromatic heterocycles. The van der Waals surface area contributed by atoms with Crippen LogP contribution in [0.25, 0.3) is 0 Å². The zero-order valence-electron chi connectivity index (χ0n) is 16.4. The number of halogens is 2. The zero-order valence-corrected chi connectivity index (χ0v) is 18.8. The molecule has 162 valence electrons. The summed E-state index contributed by atoms with van der Waals surface area (Å²) in [6, 6.07) is 15.1. The Morgan fingerprint density at radius 1 is 1.10 bits per heavy atom. The van der Waals surface area contributed by atoms with Gasteiger partial charge in [-0.15, -0.1) is 24.8 Å². The molecule has 1 atom stereocenters. The quantitative estimate of drug-likeness (QED) is 0.530. The van der Waals surface area contributed by atoms with Crippen LogP contribution in [0, 0.1) is 0 Å². The number of carbonyl (C=O) groups is 1. The van der Waals surface area contributed by atoms with Crippen LogP contribution < -0.4 is 15.8 Å². The maximum Gasteiger partial charge on any atom is 0.246 e. The molecule has 29 heavy (non-hydrogen) atoms. The molecular formula is C19H28Cl2N4O3S. The lowest BCUT2D eigenvalue weighted by Crippen LogP contribution is -2.34. The second-order valence-electron chi connectivity index (χ2n) is 6.09. The van der Waals surface area contributed by atoms with Crippen LogP contribution in [0.2, 0.25) is 0 Å². The molecule has 0 saturated heterocycles. The van der Waals surface area contributed by atoms with Crippen molar-refractivity contribution < 1.29 is 13.2 Å². The third kappa shape index (κ3) is 7.58. The predicted octanol–water partition coefficient (Wildman–Crippen LogP) is 2.40. The molecule has 2 aromatic carbocycles. The number of hydrogen-bond acceptors (Lipinski definition) is 5. The summed E-state index contributed by atoms with van der Waals surface area (Å²) < 4.78 is 26.9. The minimum absolute atomic E-state index is 0. The molecule has 4 N–H and O–H groups in total. The van der Waals surface area contributed by atoms with Crippen molar-refractivity contribution in [2.75, 3.05) is 32.0 Å². The van der Waals surface area contributed by atoms with Crippen LogP contribution >= 0.6 is 24.8 Å². The number of nitrogens with two attached hydrogens (primary N) is 1. The number of amides is 1. The Morgan fingerprint density at radius 3 is 2.34 bits per heavy atom. The first kappa shape index (κ1) is 27.3. The van der Waals surface area contributed by atoms with Crippen LogP contribution in [0.3, 0.4) is 0 Å². The van der Waals surface area contributed by atoms with E-state index in [0.29, 0.717) is 12.2 Å². The number of anilines is 1. The zero-order chi connectivity index (χ0) is 19.9. The van der Waals surface area contributed by atoms with Crippen molar-refractivity contribution >= 4 is 46.4 Å². The van der Waals surface area contributed by atoms with E-state index < -0.39 is 16.1 Å². The van der Waals surface area contributed by atoms with E-state index in [2.05, 4.69) is 10.0 Å². The van der Waals surface area contributed by atoms with Gasteiger partial charge in [-0.2, -0.15) is 0 Å². The Kier molecular flexibility index (Phi) is 12.1. The summed E-state index contributed by atoms with van der Waals surface area (Å²) >= 11 is 0. The standard InChI is InChI=1S/C19H26N4O3S.2ClH/c1-3-23(2)18(15-8-5-4-6-9-15)19(24)22-16-10-7-11-17(14-16)27(25,26)21-13-12-20;;/h4-11,14,18,21H,3,12-13,20H2,1-2H3,(H,22,24);2*1H. The highest BCUT2D eigenvalue weighted by Crippen LogP contribution is 2.22. The van der Waals surface area contributed by atoms with Gasteiger partial charge in [0.2, 0.25) is 15.9 Å². The fourth-order valence-electron chi connectivity index (χ4n) is 2.65. The minimum Gasteiger partial charge on any atom is -0.329 e. The van der Waals surface area contributed by atoms with Crippen molar-refractivity contribution in [1.82, 2.24) is 9.62 Å². The van der Waals surface area contributed by atoms with E-state index in [1.165, 1.54) is 12.1 Å². The van der Waals surface area contributed by atoms with Crippen LogP contribution in [0.1, 0.15) is 18.5 Å². The molecule has 1 amide bonds. The van der Waals surface area contributed by atoms with Crippen LogP contribution in [0.15, 0.2) is 59.5 Å². The summed E-state index contributed by atoms with van der Waals surface area (Å²) in [6.45, 7) is 3.01. The smallest absolute Gasteiger partial charge is 0.246 e. The van der Waals surface area contributed by atoms with E-state index in [4.69, 9.17) is 5.73 Å². The van der Waals surface area contributed by atoms with Crippen LogP contribution in [0.5, 0.6) is 0 Å². The highest BCUT2D eigenvalue weighted by Gasteiger charge is 2.24. The van der Waals surface area contributed by atoms with Gasteiger partial charge in [0.25, 0.3) is 0 Å². The minimum atomic E-state index is -3.67. The Bertz CT molecular complexity index is 867. The van der Waals surface area contributed by atoms with E-state index in [0.717, 1.165) is 5.56 Å². The monoisotopic (exact) mass is 462 g/mol. The molecule has 0 aliphatic heterocycles. The molecule has 0 spiro atoms. The second kappa shape index (κ2) is 12.8. The topological polar surface area (TPSA) is 105 Å². The molecular weight excluding hydrogens is 435 g/mol. The van der Waals surface area contributed by atoms with E-state index in [1.807, 2.05) is 49.2 Å². The van der Waals surface area contributed by atoms with Gasteiger partial charge in [-0.3, -0.25) is 9.69 Å². The van der Waals surface area contributed by atoms with Gasteiger partial charge in [0, 0.05) is 18.8 Å². The third-order valence-electron chi connectivity index (χ3n) is 4.15. The van der Waals surface area contributed by atoms with Gasteiger partial charge in [-0.25, -0.2) is 13.1 Å². The van der Waals surface area contributed by atoms with Crippen molar-refractivity contribution in [3.8, 4) is 0 Å². The number of nitrogens with zero attached hydrogens (tertiary/aromatic N) is 1. The van der Waals surface area contributed by atoms with E-state index in [1.54, 1.807) is 12.1 Å². The molecule has 0 fully saturated rings. The lowest BCUT2D eigenvalue weighted by molar-refractivity contribution is -0.121. The van der Waals surface area contributed by atoms with E-state index in [9.17, 15) is 13.2 Å². The molecule has 7 nitrogen and oxygen atoms in total. The van der Waals surface area contributed by atoms with Crippen molar-refractivity contribution in [1.29, 1.82) is 0 Å². The fourth-order valence-corrected chi connectivity index (χ4v) is 3.75. The molecule has 0 radical (unpaired) electrons. The number of likely N-dealkylation sites (N-methyl/N-ethyl adjacent to an activating group) is 1. The molecule has 2 aromatic rings. The summed E-state index contributed by atoms with van der Waals surface area (Å²) in [5.41, 5.74) is 6.64. The van der Waals surface area contributed by atoms with Crippen molar-refractivity contribution in [3.05, 3.63) is 60.2 Å². The van der Waals surface area contributed by atoms with Crippen molar-refractivity contribution in [2.24, 2.45) is 5.73 Å². The second-order valence-corrected chi connectivity index (χ2v) is 7.86. The van der Waals surface area contributed by atoms with E-state index >= 15 is 0 Å². The summed E-state index contributed by atoms with van der Waals surface area (Å²) in [6.07, 6.45) is 0. The predicted molar refractivity (Wildman–Crippen MR) is 121 cm³/mol. The molecule has 0 bridgehead atoms. The Balaban J connectivity index is 0.00000392. The van der Waals surface area contributed by atoms with Gasteiger partial charge in [0.1, 0.15) is 6.04 Å². The summed E-state index contributed by atoms with van der Waals surface area (Å²) in [5, 5.41) is 2.83. The lowest BCUT2D eigenvalue weighted by atomic mass is 10.0.